The molecule has 0 saturated carbocycles. The molecule has 9 heteroatoms. The molecule has 0 aliphatic heterocycles. The third-order valence-electron chi connectivity index (χ3n) is 5.94. The molecule has 2 atom stereocenters. The number of carbonyl (C=O) groups excluding carboxylic acids is 1. The molecule has 0 fully saturated rings. The summed E-state index contributed by atoms with van der Waals surface area (Å²) in [6, 6.07) is 14.3. The number of ether oxygens (including phenoxy) is 4. The number of hydrogen-bond donors (Lipinski definition) is 1. The molecule has 1 N–H and O–H groups in total. The Balaban J connectivity index is 1.73. The third-order valence-corrected chi connectivity index (χ3v) is 5.94. The van der Waals surface area contributed by atoms with E-state index in [1.165, 1.54) is 6.08 Å². The van der Waals surface area contributed by atoms with Crippen molar-refractivity contribution in [2.75, 3.05) is 26.6 Å². The number of rotatable bonds is 9. The van der Waals surface area contributed by atoms with E-state index in [9.17, 15) is 4.79 Å². The van der Waals surface area contributed by atoms with Crippen molar-refractivity contribution in [1.29, 1.82) is 0 Å². The Kier molecular flexibility index (Phi) is 8.07. The Morgan fingerprint density at radius 3 is 2.54 bits per heavy atom. The maximum Gasteiger partial charge on any atom is 0.338 e. The van der Waals surface area contributed by atoms with Gasteiger partial charge in [-0.15, -0.1) is 0 Å². The highest BCUT2D eigenvalue weighted by Crippen LogP contribution is 2.35. The molecule has 0 unspecified atom stereocenters. The number of aromatic nitrogens is 3. The fourth-order valence-corrected chi connectivity index (χ4v) is 3.89. The van der Waals surface area contributed by atoms with Gasteiger partial charge in [0.25, 0.3) is 0 Å². The van der Waals surface area contributed by atoms with Crippen LogP contribution in [-0.2, 0) is 19.0 Å². The largest absolute Gasteiger partial charge is 0.498 e. The first-order chi connectivity index (χ1) is 18.0. The summed E-state index contributed by atoms with van der Waals surface area (Å²) in [5.74, 6) is 0.640. The van der Waals surface area contributed by atoms with Crippen LogP contribution in [0.2, 0.25) is 0 Å². The van der Waals surface area contributed by atoms with Gasteiger partial charge in [0.1, 0.15) is 17.6 Å². The first-order valence-electron chi connectivity index (χ1n) is 11.5. The van der Waals surface area contributed by atoms with Gasteiger partial charge in [0.2, 0.25) is 5.95 Å². The number of methoxy groups -OCH3 is 3. The number of esters is 1. The molecule has 1 aromatic carbocycles. The SMILES string of the molecule is COC1=CC(/C(=C\C(=O)Oc2ccccc2)Nc2nccc(-c3cccnc3)n2)=C[C@@H](OC)[C@]1(C)OC. The van der Waals surface area contributed by atoms with Crippen LogP contribution >= 0.6 is 0 Å². The number of allylic oxidation sites excluding steroid dienone is 1. The van der Waals surface area contributed by atoms with Gasteiger partial charge in [-0.3, -0.25) is 4.98 Å². The molecule has 0 radical (unpaired) electrons. The zero-order valence-electron chi connectivity index (χ0n) is 21.0. The summed E-state index contributed by atoms with van der Waals surface area (Å²) in [7, 11) is 4.72. The fraction of sp³-hybridized carbons (Fsp3) is 0.214. The number of nitrogens with zero attached hydrogens (tertiary/aromatic N) is 3. The number of para-hydroxylation sites is 1. The lowest BCUT2D eigenvalue weighted by molar-refractivity contribution is -0.129. The minimum absolute atomic E-state index is 0.280. The van der Waals surface area contributed by atoms with E-state index in [1.54, 1.807) is 76.3 Å². The standard InChI is InChI=1S/C28H28N4O5/c1-28(36-4)24(34-2)15-20(16-25(28)35-3)23(17-26(33)37-21-10-6-5-7-11-21)32-27-30-14-12-22(31-27)19-9-8-13-29-18-19/h5-18,24H,1-4H3,(H,30,31,32)/b23-17+/t24-,28+/m1/s1. The lowest BCUT2D eigenvalue weighted by Crippen LogP contribution is -2.45. The number of pyridine rings is 1. The highest BCUT2D eigenvalue weighted by Gasteiger charge is 2.42. The predicted molar refractivity (Wildman–Crippen MR) is 138 cm³/mol. The normalized spacial score (nSPS) is 19.5. The summed E-state index contributed by atoms with van der Waals surface area (Å²) >= 11 is 0. The van der Waals surface area contributed by atoms with Crippen LogP contribution in [0.25, 0.3) is 11.3 Å². The third kappa shape index (κ3) is 5.91. The molecule has 2 aromatic heterocycles. The van der Waals surface area contributed by atoms with Crippen molar-refractivity contribution in [3.8, 4) is 17.0 Å². The Bertz CT molecular complexity index is 1320. The van der Waals surface area contributed by atoms with Gasteiger partial charge in [-0.1, -0.05) is 18.2 Å². The van der Waals surface area contributed by atoms with Crippen LogP contribution in [0, 0.1) is 0 Å². The van der Waals surface area contributed by atoms with E-state index in [0.717, 1.165) is 5.56 Å². The molecule has 9 nitrogen and oxygen atoms in total. The number of anilines is 1. The van der Waals surface area contributed by atoms with Crippen molar-refractivity contribution in [3.63, 3.8) is 0 Å². The van der Waals surface area contributed by atoms with Crippen LogP contribution in [0.5, 0.6) is 5.75 Å². The average molecular weight is 501 g/mol. The van der Waals surface area contributed by atoms with Gasteiger partial charge in [0, 0.05) is 50.0 Å². The number of nitrogens with one attached hydrogen (secondary N) is 1. The van der Waals surface area contributed by atoms with Crippen molar-refractivity contribution >= 4 is 11.9 Å². The first kappa shape index (κ1) is 25.7. The summed E-state index contributed by atoms with van der Waals surface area (Å²) in [6.07, 6.45) is 9.48. The molecule has 0 spiro atoms. The minimum Gasteiger partial charge on any atom is -0.498 e. The van der Waals surface area contributed by atoms with Crippen molar-refractivity contribution in [2.24, 2.45) is 0 Å². The summed E-state index contributed by atoms with van der Waals surface area (Å²) in [5, 5.41) is 3.16. The summed E-state index contributed by atoms with van der Waals surface area (Å²) < 4.78 is 22.6. The summed E-state index contributed by atoms with van der Waals surface area (Å²) in [4.78, 5) is 26.0. The Morgan fingerprint density at radius 1 is 1.05 bits per heavy atom. The van der Waals surface area contributed by atoms with Gasteiger partial charge in [-0.25, -0.2) is 14.8 Å². The molecule has 4 rings (SSSR count). The van der Waals surface area contributed by atoms with Crippen LogP contribution in [0.1, 0.15) is 6.92 Å². The molecular formula is C28H28N4O5. The van der Waals surface area contributed by atoms with Gasteiger partial charge in [0.15, 0.2) is 5.60 Å². The Hall–Kier alpha value is -4.34. The lowest BCUT2D eigenvalue weighted by atomic mass is 9.87. The van der Waals surface area contributed by atoms with E-state index in [-0.39, 0.29) is 5.95 Å². The van der Waals surface area contributed by atoms with Crippen LogP contribution in [-0.4, -0.2) is 54.0 Å². The Morgan fingerprint density at radius 2 is 1.86 bits per heavy atom. The van der Waals surface area contributed by atoms with E-state index in [1.807, 2.05) is 31.2 Å². The van der Waals surface area contributed by atoms with Crippen LogP contribution in [0.15, 0.2) is 102 Å². The van der Waals surface area contributed by atoms with Crippen molar-refractivity contribution < 1.29 is 23.7 Å². The van der Waals surface area contributed by atoms with Gasteiger partial charge in [-0.2, -0.15) is 0 Å². The maximum atomic E-state index is 12.9. The number of carbonyl (C=O) groups is 1. The van der Waals surface area contributed by atoms with Crippen LogP contribution in [0.3, 0.4) is 0 Å². The highest BCUT2D eigenvalue weighted by atomic mass is 16.6. The molecule has 0 amide bonds. The van der Waals surface area contributed by atoms with Gasteiger partial charge in [0.05, 0.1) is 18.5 Å². The second kappa shape index (κ2) is 11.6. The lowest BCUT2D eigenvalue weighted by Gasteiger charge is -2.38. The first-order valence-corrected chi connectivity index (χ1v) is 11.5. The van der Waals surface area contributed by atoms with Crippen molar-refractivity contribution in [2.45, 2.75) is 18.6 Å². The van der Waals surface area contributed by atoms with Crippen molar-refractivity contribution in [3.05, 3.63) is 102 Å². The smallest absolute Gasteiger partial charge is 0.338 e. The molecule has 0 saturated heterocycles. The second-order valence-corrected chi connectivity index (χ2v) is 8.23. The molecule has 37 heavy (non-hydrogen) atoms. The highest BCUT2D eigenvalue weighted by molar-refractivity contribution is 5.86. The summed E-state index contributed by atoms with van der Waals surface area (Å²) in [5.41, 5.74) is 1.64. The molecule has 1 aliphatic carbocycles. The van der Waals surface area contributed by atoms with Crippen LogP contribution < -0.4 is 10.1 Å². The molecule has 2 heterocycles. The van der Waals surface area contributed by atoms with Crippen LogP contribution in [0.4, 0.5) is 5.95 Å². The minimum atomic E-state index is -0.862. The van der Waals surface area contributed by atoms with E-state index in [2.05, 4.69) is 20.3 Å². The van der Waals surface area contributed by atoms with E-state index in [4.69, 9.17) is 18.9 Å². The maximum absolute atomic E-state index is 12.9. The fourth-order valence-electron chi connectivity index (χ4n) is 3.89. The van der Waals surface area contributed by atoms with E-state index < -0.39 is 17.7 Å². The van der Waals surface area contributed by atoms with Crippen molar-refractivity contribution in [1.82, 2.24) is 15.0 Å². The molecule has 190 valence electrons. The summed E-state index contributed by atoms with van der Waals surface area (Å²) in [6.45, 7) is 1.87. The zero-order valence-corrected chi connectivity index (χ0v) is 21.0. The molecular weight excluding hydrogens is 472 g/mol. The molecule has 3 aromatic rings. The molecule has 1 aliphatic rings. The van der Waals surface area contributed by atoms with E-state index in [0.29, 0.717) is 28.5 Å². The van der Waals surface area contributed by atoms with Gasteiger partial charge in [-0.05, 0) is 49.4 Å². The quantitative estimate of drug-likeness (QED) is 0.261. The Labute approximate surface area is 215 Å². The topological polar surface area (TPSA) is 105 Å². The van der Waals surface area contributed by atoms with Gasteiger partial charge >= 0.3 is 5.97 Å². The zero-order chi connectivity index (χ0) is 26.3. The number of hydrogen-bond acceptors (Lipinski definition) is 9. The number of benzene rings is 1. The average Bonchev–Trinajstić information content (AvgIpc) is 2.94. The predicted octanol–water partition coefficient (Wildman–Crippen LogP) is 4.33. The van der Waals surface area contributed by atoms with Gasteiger partial charge < -0.3 is 24.3 Å². The second-order valence-electron chi connectivity index (χ2n) is 8.23. The van der Waals surface area contributed by atoms with E-state index >= 15 is 0 Å². The molecule has 0 bridgehead atoms. The monoisotopic (exact) mass is 500 g/mol.